The molecule has 2 heterocycles. The van der Waals surface area contributed by atoms with Gasteiger partial charge in [0.1, 0.15) is 11.5 Å². The Morgan fingerprint density at radius 2 is 2.17 bits per heavy atom. The van der Waals surface area contributed by atoms with Gasteiger partial charge in [0, 0.05) is 24.7 Å². The zero-order valence-corrected chi connectivity index (χ0v) is 10.2. The van der Waals surface area contributed by atoms with E-state index in [0.29, 0.717) is 11.4 Å². The number of alkyl halides is 3. The number of nitrogens with two attached hydrogens (primary N) is 1. The van der Waals surface area contributed by atoms with Gasteiger partial charge in [-0.2, -0.15) is 13.2 Å². The standard InChI is InChI=1S/C12H16F3N3/c1-8-3-2-6-18(8)11-9(7-16)4-5-10(17-11)12(13,14)15/h4-5,8H,2-3,6-7,16H2,1H3. The molecule has 0 spiro atoms. The molecule has 6 heteroatoms. The molecule has 0 aromatic carbocycles. The normalized spacial score (nSPS) is 20.5. The summed E-state index contributed by atoms with van der Waals surface area (Å²) < 4.78 is 38.0. The van der Waals surface area contributed by atoms with Gasteiger partial charge in [-0.25, -0.2) is 4.98 Å². The van der Waals surface area contributed by atoms with E-state index in [0.717, 1.165) is 25.5 Å². The Bertz CT molecular complexity index is 431. The molecule has 1 atom stereocenters. The van der Waals surface area contributed by atoms with Crippen molar-refractivity contribution in [2.45, 2.75) is 38.5 Å². The highest BCUT2D eigenvalue weighted by atomic mass is 19.4. The Morgan fingerprint density at radius 1 is 1.44 bits per heavy atom. The second-order valence-corrected chi connectivity index (χ2v) is 4.57. The molecule has 1 unspecified atom stereocenters. The third-order valence-corrected chi connectivity index (χ3v) is 3.29. The predicted octanol–water partition coefficient (Wildman–Crippen LogP) is 2.55. The van der Waals surface area contributed by atoms with E-state index in [-0.39, 0.29) is 12.6 Å². The van der Waals surface area contributed by atoms with Crippen LogP contribution in [0.4, 0.5) is 19.0 Å². The number of rotatable bonds is 2. The molecule has 18 heavy (non-hydrogen) atoms. The summed E-state index contributed by atoms with van der Waals surface area (Å²) in [7, 11) is 0. The van der Waals surface area contributed by atoms with E-state index < -0.39 is 11.9 Å². The molecular formula is C12H16F3N3. The molecule has 0 aliphatic carbocycles. The van der Waals surface area contributed by atoms with Gasteiger partial charge in [0.2, 0.25) is 0 Å². The van der Waals surface area contributed by atoms with E-state index in [1.165, 1.54) is 6.07 Å². The van der Waals surface area contributed by atoms with E-state index in [4.69, 9.17) is 5.73 Å². The molecule has 1 aliphatic rings. The fraction of sp³-hybridized carbons (Fsp3) is 0.583. The molecule has 0 saturated carbocycles. The number of aromatic nitrogens is 1. The van der Waals surface area contributed by atoms with Gasteiger partial charge in [0.05, 0.1) is 0 Å². The largest absolute Gasteiger partial charge is 0.433 e. The number of hydrogen-bond donors (Lipinski definition) is 1. The molecule has 1 aromatic rings. The van der Waals surface area contributed by atoms with Crippen molar-refractivity contribution >= 4 is 5.82 Å². The number of nitrogens with zero attached hydrogens (tertiary/aromatic N) is 2. The van der Waals surface area contributed by atoms with Crippen molar-refractivity contribution in [3.05, 3.63) is 23.4 Å². The van der Waals surface area contributed by atoms with E-state index in [2.05, 4.69) is 4.98 Å². The Kier molecular flexibility index (Phi) is 3.47. The Hall–Kier alpha value is -1.30. The van der Waals surface area contributed by atoms with Crippen LogP contribution in [0.2, 0.25) is 0 Å². The molecule has 2 rings (SSSR count). The van der Waals surface area contributed by atoms with Crippen LogP contribution in [-0.4, -0.2) is 17.6 Å². The maximum atomic E-state index is 12.7. The minimum Gasteiger partial charge on any atom is -0.354 e. The van der Waals surface area contributed by atoms with Gasteiger partial charge < -0.3 is 10.6 Å². The predicted molar refractivity (Wildman–Crippen MR) is 63.2 cm³/mol. The van der Waals surface area contributed by atoms with Crippen LogP contribution in [0.5, 0.6) is 0 Å². The highest BCUT2D eigenvalue weighted by Gasteiger charge is 2.34. The van der Waals surface area contributed by atoms with Crippen LogP contribution in [0, 0.1) is 0 Å². The first kappa shape index (κ1) is 13.1. The van der Waals surface area contributed by atoms with E-state index >= 15 is 0 Å². The lowest BCUT2D eigenvalue weighted by Gasteiger charge is -2.25. The minimum atomic E-state index is -4.41. The van der Waals surface area contributed by atoms with Crippen molar-refractivity contribution in [2.24, 2.45) is 5.73 Å². The molecule has 100 valence electrons. The Balaban J connectivity index is 2.42. The second kappa shape index (κ2) is 4.76. The molecule has 1 aromatic heterocycles. The zero-order chi connectivity index (χ0) is 13.3. The fourth-order valence-corrected chi connectivity index (χ4v) is 2.29. The minimum absolute atomic E-state index is 0.198. The topological polar surface area (TPSA) is 42.2 Å². The van der Waals surface area contributed by atoms with E-state index in [9.17, 15) is 13.2 Å². The Morgan fingerprint density at radius 3 is 2.67 bits per heavy atom. The number of hydrogen-bond acceptors (Lipinski definition) is 3. The fourth-order valence-electron chi connectivity index (χ4n) is 2.29. The van der Waals surface area contributed by atoms with Crippen molar-refractivity contribution < 1.29 is 13.2 Å². The van der Waals surface area contributed by atoms with Crippen LogP contribution in [0.15, 0.2) is 12.1 Å². The van der Waals surface area contributed by atoms with Gasteiger partial charge in [0.25, 0.3) is 0 Å². The molecule has 1 fully saturated rings. The van der Waals surface area contributed by atoms with Crippen molar-refractivity contribution in [1.82, 2.24) is 4.98 Å². The summed E-state index contributed by atoms with van der Waals surface area (Å²) in [5, 5.41) is 0. The molecule has 0 radical (unpaired) electrons. The second-order valence-electron chi connectivity index (χ2n) is 4.57. The first-order valence-electron chi connectivity index (χ1n) is 5.97. The monoisotopic (exact) mass is 259 g/mol. The van der Waals surface area contributed by atoms with Crippen molar-refractivity contribution in [1.29, 1.82) is 0 Å². The SMILES string of the molecule is CC1CCCN1c1nc(C(F)(F)F)ccc1CN. The van der Waals surface area contributed by atoms with Crippen LogP contribution < -0.4 is 10.6 Å². The van der Waals surface area contributed by atoms with Gasteiger partial charge in [-0.3, -0.25) is 0 Å². The lowest BCUT2D eigenvalue weighted by atomic mass is 10.2. The summed E-state index contributed by atoms with van der Waals surface area (Å²) in [6.07, 6.45) is -2.46. The summed E-state index contributed by atoms with van der Waals surface area (Å²) in [4.78, 5) is 5.68. The number of pyridine rings is 1. The smallest absolute Gasteiger partial charge is 0.354 e. The van der Waals surface area contributed by atoms with Crippen LogP contribution >= 0.6 is 0 Å². The van der Waals surface area contributed by atoms with E-state index in [1.54, 1.807) is 0 Å². The summed E-state index contributed by atoms with van der Waals surface area (Å²) in [5.74, 6) is 0.386. The highest BCUT2D eigenvalue weighted by Crippen LogP contribution is 2.32. The van der Waals surface area contributed by atoms with Gasteiger partial charge in [0.15, 0.2) is 0 Å². The highest BCUT2D eigenvalue weighted by molar-refractivity contribution is 5.49. The average molecular weight is 259 g/mol. The van der Waals surface area contributed by atoms with Crippen molar-refractivity contribution in [3.63, 3.8) is 0 Å². The number of halogens is 3. The quantitative estimate of drug-likeness (QED) is 0.887. The molecule has 3 nitrogen and oxygen atoms in total. The maximum absolute atomic E-state index is 12.7. The summed E-state index contributed by atoms with van der Waals surface area (Å²) in [5.41, 5.74) is 5.39. The zero-order valence-electron chi connectivity index (χ0n) is 10.2. The lowest BCUT2D eigenvalue weighted by Crippen LogP contribution is -2.29. The first-order chi connectivity index (χ1) is 8.43. The van der Waals surface area contributed by atoms with Crippen molar-refractivity contribution in [3.8, 4) is 0 Å². The molecule has 0 bridgehead atoms. The van der Waals surface area contributed by atoms with Gasteiger partial charge >= 0.3 is 6.18 Å². The third-order valence-electron chi connectivity index (χ3n) is 3.29. The van der Waals surface area contributed by atoms with Gasteiger partial charge in [-0.15, -0.1) is 0 Å². The summed E-state index contributed by atoms with van der Waals surface area (Å²) in [6, 6.07) is 2.63. The van der Waals surface area contributed by atoms with Gasteiger partial charge in [-0.05, 0) is 25.8 Å². The Labute approximate surface area is 104 Å². The molecular weight excluding hydrogens is 243 g/mol. The van der Waals surface area contributed by atoms with Crippen LogP contribution in [0.1, 0.15) is 31.0 Å². The maximum Gasteiger partial charge on any atom is 0.433 e. The molecule has 0 amide bonds. The van der Waals surface area contributed by atoms with Crippen molar-refractivity contribution in [2.75, 3.05) is 11.4 Å². The number of anilines is 1. The van der Waals surface area contributed by atoms with Crippen LogP contribution in [-0.2, 0) is 12.7 Å². The lowest BCUT2D eigenvalue weighted by molar-refractivity contribution is -0.141. The van der Waals surface area contributed by atoms with Crippen LogP contribution in [0.3, 0.4) is 0 Å². The molecule has 2 N–H and O–H groups in total. The van der Waals surface area contributed by atoms with E-state index in [1.807, 2.05) is 11.8 Å². The first-order valence-corrected chi connectivity index (χ1v) is 5.97. The molecule has 1 aliphatic heterocycles. The summed E-state index contributed by atoms with van der Waals surface area (Å²) >= 11 is 0. The summed E-state index contributed by atoms with van der Waals surface area (Å²) in [6.45, 7) is 2.93. The average Bonchev–Trinajstić information content (AvgIpc) is 2.73. The third kappa shape index (κ3) is 2.43. The van der Waals surface area contributed by atoms with Gasteiger partial charge in [-0.1, -0.05) is 6.07 Å². The van der Waals surface area contributed by atoms with Crippen LogP contribution in [0.25, 0.3) is 0 Å². The molecule has 1 saturated heterocycles.